The van der Waals surface area contributed by atoms with Gasteiger partial charge in [0, 0.05) is 37.8 Å². The molecular weight excluding hydrogens is 250 g/mol. The van der Waals surface area contributed by atoms with Crippen molar-refractivity contribution in [1.29, 1.82) is 0 Å². The SMILES string of the molecule is Fc1cccc(-c2cc(N3CCNCC3)n[nH]2)c1F. The summed E-state index contributed by atoms with van der Waals surface area (Å²) in [5.41, 5.74) is 0.694. The average Bonchev–Trinajstić information content (AvgIpc) is 2.92. The first-order valence-electron chi connectivity index (χ1n) is 6.21. The van der Waals surface area contributed by atoms with E-state index in [1.165, 1.54) is 12.1 Å². The fourth-order valence-corrected chi connectivity index (χ4v) is 2.22. The number of H-pyrrole nitrogens is 1. The Morgan fingerprint density at radius 2 is 1.95 bits per heavy atom. The Kier molecular flexibility index (Phi) is 3.16. The third-order valence-corrected chi connectivity index (χ3v) is 3.25. The molecule has 1 saturated heterocycles. The van der Waals surface area contributed by atoms with Crippen molar-refractivity contribution >= 4 is 5.82 Å². The first-order valence-corrected chi connectivity index (χ1v) is 6.21. The summed E-state index contributed by atoms with van der Waals surface area (Å²) in [6, 6.07) is 5.88. The zero-order chi connectivity index (χ0) is 13.2. The van der Waals surface area contributed by atoms with E-state index in [0.29, 0.717) is 5.69 Å². The molecule has 0 radical (unpaired) electrons. The van der Waals surface area contributed by atoms with E-state index in [-0.39, 0.29) is 5.56 Å². The molecule has 1 aliphatic rings. The van der Waals surface area contributed by atoms with Crippen LogP contribution < -0.4 is 10.2 Å². The molecule has 2 N–H and O–H groups in total. The van der Waals surface area contributed by atoms with Gasteiger partial charge in [0.25, 0.3) is 0 Å². The number of hydrogen-bond donors (Lipinski definition) is 2. The second kappa shape index (κ2) is 4.97. The fraction of sp³-hybridized carbons (Fsp3) is 0.308. The van der Waals surface area contributed by atoms with Crippen molar-refractivity contribution in [2.45, 2.75) is 0 Å². The summed E-state index contributed by atoms with van der Waals surface area (Å²) < 4.78 is 26.9. The van der Waals surface area contributed by atoms with Crippen LogP contribution in [0.5, 0.6) is 0 Å². The molecule has 1 aromatic heterocycles. The molecule has 2 heterocycles. The van der Waals surface area contributed by atoms with E-state index in [9.17, 15) is 8.78 Å². The standard InChI is InChI=1S/C13H14F2N4/c14-10-3-1-2-9(13(10)15)11-8-12(18-17-11)19-6-4-16-5-7-19/h1-3,8,16H,4-7H2,(H,17,18). The maximum atomic E-state index is 13.7. The number of rotatable bonds is 2. The fourth-order valence-electron chi connectivity index (χ4n) is 2.22. The van der Waals surface area contributed by atoms with E-state index in [1.54, 1.807) is 6.07 Å². The summed E-state index contributed by atoms with van der Waals surface area (Å²) in [5.74, 6) is -0.936. The van der Waals surface area contributed by atoms with Gasteiger partial charge < -0.3 is 10.2 Å². The van der Waals surface area contributed by atoms with Crippen LogP contribution in [0.4, 0.5) is 14.6 Å². The van der Waals surface area contributed by atoms with Crippen LogP contribution in [0.25, 0.3) is 11.3 Å². The number of anilines is 1. The van der Waals surface area contributed by atoms with Crippen LogP contribution in [0.1, 0.15) is 0 Å². The summed E-state index contributed by atoms with van der Waals surface area (Å²) in [5, 5.41) is 10.2. The van der Waals surface area contributed by atoms with Crippen LogP contribution >= 0.6 is 0 Å². The van der Waals surface area contributed by atoms with Gasteiger partial charge in [0.05, 0.1) is 5.69 Å². The van der Waals surface area contributed by atoms with Gasteiger partial charge in [-0.2, -0.15) is 5.10 Å². The molecule has 0 unspecified atom stereocenters. The van der Waals surface area contributed by atoms with Gasteiger partial charge in [-0.1, -0.05) is 6.07 Å². The summed E-state index contributed by atoms with van der Waals surface area (Å²) in [6.45, 7) is 3.51. The number of halogens is 2. The minimum absolute atomic E-state index is 0.203. The van der Waals surface area contributed by atoms with Gasteiger partial charge in [-0.15, -0.1) is 0 Å². The van der Waals surface area contributed by atoms with E-state index in [1.807, 2.05) is 0 Å². The molecule has 0 amide bonds. The second-order valence-corrected chi connectivity index (χ2v) is 4.48. The molecular formula is C13H14F2N4. The van der Waals surface area contributed by atoms with Crippen LogP contribution in [0.3, 0.4) is 0 Å². The van der Waals surface area contributed by atoms with Crippen LogP contribution in [-0.2, 0) is 0 Å². The van der Waals surface area contributed by atoms with Crippen molar-refractivity contribution in [3.63, 3.8) is 0 Å². The Balaban J connectivity index is 1.90. The molecule has 2 aromatic rings. The third-order valence-electron chi connectivity index (χ3n) is 3.25. The summed E-state index contributed by atoms with van der Waals surface area (Å²) >= 11 is 0. The van der Waals surface area contributed by atoms with E-state index < -0.39 is 11.6 Å². The average molecular weight is 264 g/mol. The molecule has 0 aliphatic carbocycles. The molecule has 1 aromatic carbocycles. The zero-order valence-corrected chi connectivity index (χ0v) is 10.3. The van der Waals surface area contributed by atoms with E-state index >= 15 is 0 Å². The Bertz CT molecular complexity index is 576. The zero-order valence-electron chi connectivity index (χ0n) is 10.3. The molecule has 0 bridgehead atoms. The van der Waals surface area contributed by atoms with E-state index in [4.69, 9.17) is 0 Å². The maximum absolute atomic E-state index is 13.7. The quantitative estimate of drug-likeness (QED) is 0.868. The molecule has 4 nitrogen and oxygen atoms in total. The van der Waals surface area contributed by atoms with Gasteiger partial charge in [0.1, 0.15) is 0 Å². The van der Waals surface area contributed by atoms with Gasteiger partial charge in [-0.25, -0.2) is 8.78 Å². The van der Waals surface area contributed by atoms with Gasteiger partial charge in [-0.3, -0.25) is 5.10 Å². The molecule has 0 atom stereocenters. The van der Waals surface area contributed by atoms with Crippen molar-refractivity contribution in [3.8, 4) is 11.3 Å². The Labute approximate surface area is 109 Å². The van der Waals surface area contributed by atoms with Gasteiger partial charge in [0.2, 0.25) is 0 Å². The highest BCUT2D eigenvalue weighted by Crippen LogP contribution is 2.25. The summed E-state index contributed by atoms with van der Waals surface area (Å²) in [4.78, 5) is 2.10. The Morgan fingerprint density at radius 1 is 1.16 bits per heavy atom. The number of aromatic amines is 1. The number of aromatic nitrogens is 2. The number of benzene rings is 1. The van der Waals surface area contributed by atoms with Gasteiger partial charge in [0.15, 0.2) is 17.5 Å². The maximum Gasteiger partial charge on any atom is 0.168 e. The topological polar surface area (TPSA) is 44.0 Å². The van der Waals surface area contributed by atoms with E-state index in [0.717, 1.165) is 38.1 Å². The lowest BCUT2D eigenvalue weighted by atomic mass is 10.1. The van der Waals surface area contributed by atoms with Crippen molar-refractivity contribution in [2.24, 2.45) is 0 Å². The molecule has 6 heteroatoms. The number of piperazine rings is 1. The first kappa shape index (κ1) is 12.1. The number of hydrogen-bond acceptors (Lipinski definition) is 3. The number of nitrogens with zero attached hydrogens (tertiary/aromatic N) is 2. The third kappa shape index (κ3) is 2.31. The predicted molar refractivity (Wildman–Crippen MR) is 69.0 cm³/mol. The van der Waals surface area contributed by atoms with Gasteiger partial charge in [-0.05, 0) is 12.1 Å². The predicted octanol–water partition coefficient (Wildman–Crippen LogP) is 1.76. The lowest BCUT2D eigenvalue weighted by molar-refractivity contribution is 0.511. The monoisotopic (exact) mass is 264 g/mol. The normalized spacial score (nSPS) is 15.8. The molecule has 0 saturated carbocycles. The Morgan fingerprint density at radius 3 is 2.74 bits per heavy atom. The van der Waals surface area contributed by atoms with Crippen molar-refractivity contribution in [3.05, 3.63) is 35.9 Å². The minimum Gasteiger partial charge on any atom is -0.353 e. The first-order chi connectivity index (χ1) is 9.25. The van der Waals surface area contributed by atoms with Crippen LogP contribution in [0.15, 0.2) is 24.3 Å². The lowest BCUT2D eigenvalue weighted by Gasteiger charge is -2.26. The molecule has 19 heavy (non-hydrogen) atoms. The van der Waals surface area contributed by atoms with E-state index in [2.05, 4.69) is 20.4 Å². The lowest BCUT2D eigenvalue weighted by Crippen LogP contribution is -2.43. The van der Waals surface area contributed by atoms with Crippen molar-refractivity contribution < 1.29 is 8.78 Å². The van der Waals surface area contributed by atoms with Crippen LogP contribution in [-0.4, -0.2) is 36.4 Å². The highest BCUT2D eigenvalue weighted by Gasteiger charge is 2.16. The molecule has 1 aliphatic heterocycles. The summed E-state index contributed by atoms with van der Waals surface area (Å²) in [6.07, 6.45) is 0. The van der Waals surface area contributed by atoms with Crippen molar-refractivity contribution in [1.82, 2.24) is 15.5 Å². The van der Waals surface area contributed by atoms with Gasteiger partial charge >= 0.3 is 0 Å². The largest absolute Gasteiger partial charge is 0.353 e. The second-order valence-electron chi connectivity index (χ2n) is 4.48. The minimum atomic E-state index is -0.851. The molecule has 1 fully saturated rings. The molecule has 3 rings (SSSR count). The molecule has 100 valence electrons. The van der Waals surface area contributed by atoms with Crippen LogP contribution in [0.2, 0.25) is 0 Å². The Hall–Kier alpha value is -1.95. The number of nitrogens with one attached hydrogen (secondary N) is 2. The summed E-state index contributed by atoms with van der Waals surface area (Å²) in [7, 11) is 0. The van der Waals surface area contributed by atoms with Crippen molar-refractivity contribution in [2.75, 3.05) is 31.1 Å². The highest BCUT2D eigenvalue weighted by atomic mass is 19.2. The highest BCUT2D eigenvalue weighted by molar-refractivity contribution is 5.64. The smallest absolute Gasteiger partial charge is 0.168 e. The van der Waals surface area contributed by atoms with Crippen LogP contribution in [0, 0.1) is 11.6 Å². The molecule has 0 spiro atoms.